The van der Waals surface area contributed by atoms with Crippen molar-refractivity contribution in [3.63, 3.8) is 0 Å². The minimum atomic E-state index is -1.15. The molecule has 5 aromatic rings. The standard InChI is InChI=1S/C44H40F3NO4/c1-49-31-13-9-28(10-14-31)44(27-7-11-29(45)12-8-27)18-15-32-41-39(35-23-30(46)24-36(47)40(35)43(41)16-5-3-4-6-17-43)33-25-37(48-19-21-51-22-20-48)38(50-2)26-34(33)42(32)52-44/h7-15,18,23-26H,3-6,16-17,19-22H2,1-2H3. The van der Waals surface area contributed by atoms with Crippen molar-refractivity contribution >= 4 is 22.5 Å². The second-order valence-corrected chi connectivity index (χ2v) is 14.4. The van der Waals surface area contributed by atoms with E-state index in [-0.39, 0.29) is 5.82 Å². The minimum absolute atomic E-state index is 0.347. The first-order valence-electron chi connectivity index (χ1n) is 18.2. The Morgan fingerprint density at radius 1 is 0.712 bits per heavy atom. The van der Waals surface area contributed by atoms with Gasteiger partial charge in [0.15, 0.2) is 5.60 Å². The summed E-state index contributed by atoms with van der Waals surface area (Å²) in [6.45, 7) is 2.54. The largest absolute Gasteiger partial charge is 0.497 e. The van der Waals surface area contributed by atoms with Crippen LogP contribution in [0.5, 0.6) is 17.2 Å². The van der Waals surface area contributed by atoms with E-state index in [4.69, 9.17) is 18.9 Å². The summed E-state index contributed by atoms with van der Waals surface area (Å²) in [6, 6.07) is 20.8. The van der Waals surface area contributed by atoms with Gasteiger partial charge < -0.3 is 23.8 Å². The van der Waals surface area contributed by atoms with Crippen molar-refractivity contribution < 1.29 is 32.1 Å². The van der Waals surface area contributed by atoms with Crippen LogP contribution in [-0.2, 0) is 15.8 Å². The summed E-state index contributed by atoms with van der Waals surface area (Å²) >= 11 is 0. The Kier molecular flexibility index (Phi) is 7.99. The van der Waals surface area contributed by atoms with Gasteiger partial charge in [0.2, 0.25) is 0 Å². The minimum Gasteiger partial charge on any atom is -0.497 e. The summed E-state index contributed by atoms with van der Waals surface area (Å²) in [4.78, 5) is 2.25. The average Bonchev–Trinajstić information content (AvgIpc) is 3.27. The van der Waals surface area contributed by atoms with Gasteiger partial charge in [0.05, 0.1) is 33.1 Å². The molecule has 5 nitrogen and oxygen atoms in total. The number of methoxy groups -OCH3 is 2. The Labute approximate surface area is 301 Å². The smallest absolute Gasteiger partial charge is 0.178 e. The van der Waals surface area contributed by atoms with E-state index in [0.29, 0.717) is 54.7 Å². The predicted octanol–water partition coefficient (Wildman–Crippen LogP) is 10.1. The molecule has 0 radical (unpaired) electrons. The lowest BCUT2D eigenvalue weighted by Crippen LogP contribution is -2.36. The predicted molar refractivity (Wildman–Crippen MR) is 197 cm³/mol. The number of anilines is 1. The maximum absolute atomic E-state index is 16.5. The summed E-state index contributed by atoms with van der Waals surface area (Å²) in [7, 11) is 3.28. The highest BCUT2D eigenvalue weighted by molar-refractivity contribution is 6.10. The van der Waals surface area contributed by atoms with E-state index in [1.807, 2.05) is 36.4 Å². The molecule has 2 aliphatic heterocycles. The first-order valence-corrected chi connectivity index (χ1v) is 18.2. The molecule has 2 fully saturated rings. The Morgan fingerprint density at radius 2 is 1.40 bits per heavy atom. The van der Waals surface area contributed by atoms with Crippen molar-refractivity contribution in [2.45, 2.75) is 49.5 Å². The molecule has 2 heterocycles. The van der Waals surface area contributed by atoms with Gasteiger partial charge in [0.25, 0.3) is 0 Å². The van der Waals surface area contributed by atoms with Crippen molar-refractivity contribution in [1.29, 1.82) is 0 Å². The zero-order chi connectivity index (χ0) is 35.6. The Balaban J connectivity index is 1.39. The molecular formula is C44H40F3NO4. The van der Waals surface area contributed by atoms with Crippen molar-refractivity contribution in [1.82, 2.24) is 0 Å². The summed E-state index contributed by atoms with van der Waals surface area (Å²) < 4.78 is 71.0. The monoisotopic (exact) mass is 703 g/mol. The summed E-state index contributed by atoms with van der Waals surface area (Å²) in [6.07, 6.45) is 9.59. The van der Waals surface area contributed by atoms with Crippen LogP contribution in [0.4, 0.5) is 18.9 Å². The van der Waals surface area contributed by atoms with E-state index >= 15 is 8.78 Å². The molecule has 0 aromatic heterocycles. The number of nitrogens with zero attached hydrogens (tertiary/aromatic N) is 1. The van der Waals surface area contributed by atoms with Crippen LogP contribution >= 0.6 is 0 Å². The van der Waals surface area contributed by atoms with Crippen molar-refractivity contribution in [3.8, 4) is 28.4 Å². The normalized spacial score (nSPS) is 20.2. The fraction of sp³-hybridized carbons (Fsp3) is 0.318. The van der Waals surface area contributed by atoms with Gasteiger partial charge in [-0.3, -0.25) is 0 Å². The number of hydrogen-bond acceptors (Lipinski definition) is 5. The highest BCUT2D eigenvalue weighted by Crippen LogP contribution is 2.63. The van der Waals surface area contributed by atoms with Crippen LogP contribution in [0.2, 0.25) is 0 Å². The molecule has 9 rings (SSSR count). The van der Waals surface area contributed by atoms with Crippen LogP contribution in [0, 0.1) is 17.5 Å². The van der Waals surface area contributed by atoms with Gasteiger partial charge in [0.1, 0.15) is 34.7 Å². The van der Waals surface area contributed by atoms with E-state index in [1.54, 1.807) is 26.4 Å². The highest BCUT2D eigenvalue weighted by Gasteiger charge is 2.50. The first kappa shape index (κ1) is 32.9. The summed E-state index contributed by atoms with van der Waals surface area (Å²) in [5.41, 5.74) is 4.55. The number of hydrogen-bond donors (Lipinski definition) is 0. The Hall–Kier alpha value is -4.95. The molecule has 266 valence electrons. The van der Waals surface area contributed by atoms with Crippen LogP contribution < -0.4 is 19.1 Å². The van der Waals surface area contributed by atoms with Gasteiger partial charge in [-0.25, -0.2) is 13.2 Å². The lowest BCUT2D eigenvalue weighted by molar-refractivity contribution is 0.122. The molecule has 52 heavy (non-hydrogen) atoms. The lowest BCUT2D eigenvalue weighted by Gasteiger charge is -2.40. The number of fused-ring (bicyclic) bond motifs is 10. The van der Waals surface area contributed by atoms with Gasteiger partial charge in [-0.1, -0.05) is 56.0 Å². The van der Waals surface area contributed by atoms with Crippen LogP contribution in [0.1, 0.15) is 66.3 Å². The van der Waals surface area contributed by atoms with E-state index in [1.165, 1.54) is 18.2 Å². The summed E-state index contributed by atoms with van der Waals surface area (Å²) in [5, 5.41) is 1.62. The van der Waals surface area contributed by atoms with Crippen LogP contribution in [0.3, 0.4) is 0 Å². The van der Waals surface area contributed by atoms with Gasteiger partial charge in [-0.05, 0) is 83.5 Å². The molecule has 1 spiro atoms. The van der Waals surface area contributed by atoms with Crippen molar-refractivity contribution in [2.75, 3.05) is 45.4 Å². The van der Waals surface area contributed by atoms with Crippen molar-refractivity contribution in [3.05, 3.63) is 124 Å². The zero-order valence-electron chi connectivity index (χ0n) is 29.4. The molecule has 1 unspecified atom stereocenters. The van der Waals surface area contributed by atoms with E-state index in [2.05, 4.69) is 17.0 Å². The molecular weight excluding hydrogens is 663 g/mol. The van der Waals surface area contributed by atoms with Gasteiger partial charge in [0, 0.05) is 52.2 Å². The molecule has 2 aliphatic carbocycles. The van der Waals surface area contributed by atoms with Crippen LogP contribution in [0.25, 0.3) is 28.0 Å². The fourth-order valence-corrected chi connectivity index (χ4v) is 9.37. The van der Waals surface area contributed by atoms with E-state index in [9.17, 15) is 4.39 Å². The average molecular weight is 704 g/mol. The number of morpholine rings is 1. The molecule has 4 aliphatic rings. The number of benzene rings is 5. The maximum atomic E-state index is 16.5. The number of halogens is 3. The third-order valence-electron chi connectivity index (χ3n) is 11.7. The van der Waals surface area contributed by atoms with Crippen molar-refractivity contribution in [2.24, 2.45) is 0 Å². The second-order valence-electron chi connectivity index (χ2n) is 14.4. The molecule has 8 heteroatoms. The van der Waals surface area contributed by atoms with Crippen LogP contribution in [0.15, 0.2) is 78.9 Å². The van der Waals surface area contributed by atoms with Gasteiger partial charge in [-0.2, -0.15) is 0 Å². The third kappa shape index (κ3) is 4.94. The highest BCUT2D eigenvalue weighted by atomic mass is 19.1. The van der Waals surface area contributed by atoms with Gasteiger partial charge >= 0.3 is 0 Å². The second kappa shape index (κ2) is 12.6. The Morgan fingerprint density at radius 3 is 2.08 bits per heavy atom. The molecule has 5 aromatic carbocycles. The maximum Gasteiger partial charge on any atom is 0.178 e. The van der Waals surface area contributed by atoms with E-state index < -0.39 is 22.7 Å². The molecule has 1 saturated heterocycles. The molecule has 0 amide bonds. The fourth-order valence-electron chi connectivity index (χ4n) is 9.37. The van der Waals surface area contributed by atoms with E-state index in [0.717, 1.165) is 88.9 Å². The number of rotatable bonds is 5. The Bertz CT molecular complexity index is 2220. The van der Waals surface area contributed by atoms with Gasteiger partial charge in [-0.15, -0.1) is 0 Å². The SMILES string of the molecule is COc1ccc(C2(c3ccc(F)cc3)C=Cc3c4c(c5cc(N6CCOCC6)c(OC)cc5c3O2)-c2cc(F)cc(F)c2C42CCCCCC2)cc1. The zero-order valence-corrected chi connectivity index (χ0v) is 29.4. The topological polar surface area (TPSA) is 40.2 Å². The molecule has 0 N–H and O–H groups in total. The van der Waals surface area contributed by atoms with Crippen LogP contribution in [-0.4, -0.2) is 40.5 Å². The quantitative estimate of drug-likeness (QED) is 0.182. The lowest BCUT2D eigenvalue weighted by atomic mass is 9.69. The molecule has 1 saturated carbocycles. The molecule has 1 atom stereocenters. The first-order chi connectivity index (χ1) is 25.4. The summed E-state index contributed by atoms with van der Waals surface area (Å²) in [5.74, 6) is 0.544. The molecule has 0 bridgehead atoms. The number of ether oxygens (including phenoxy) is 4. The third-order valence-corrected chi connectivity index (χ3v) is 11.7.